The van der Waals surface area contributed by atoms with Gasteiger partial charge in [0.15, 0.2) is 5.75 Å². The first-order chi connectivity index (χ1) is 20.6. The predicted octanol–water partition coefficient (Wildman–Crippen LogP) is -7.37. The van der Waals surface area contributed by atoms with Crippen LogP contribution in [0, 0.1) is 0 Å². The van der Waals surface area contributed by atoms with E-state index in [0.717, 1.165) is 30.3 Å². The Labute approximate surface area is 339 Å². The van der Waals surface area contributed by atoms with Crippen molar-refractivity contribution in [3.8, 4) is 5.75 Å². The average Bonchev–Trinajstić information content (AvgIpc) is 2.89. The molecule has 0 aliphatic carbocycles. The number of azo groups is 1. The fraction of sp³-hybridized carbons (Fsp3) is 0.0870. The molecule has 0 saturated carbocycles. The zero-order valence-corrected chi connectivity index (χ0v) is 34.4. The van der Waals surface area contributed by atoms with Gasteiger partial charge < -0.3 is 33.7 Å². The molecule has 0 saturated heterocycles. The van der Waals surface area contributed by atoms with Gasteiger partial charge in [-0.05, 0) is 35.7 Å². The van der Waals surface area contributed by atoms with E-state index in [2.05, 4.69) is 15.5 Å². The molecule has 0 atom stereocenters. The van der Waals surface area contributed by atoms with E-state index in [9.17, 15) is 53.4 Å². The monoisotopic (exact) mass is 773 g/mol. The largest absolute Gasteiger partial charge is 1.00 e. The van der Waals surface area contributed by atoms with Gasteiger partial charge in [-0.25, -0.2) is 25.3 Å². The summed E-state index contributed by atoms with van der Waals surface area (Å²) in [5, 5.41) is 28.2. The van der Waals surface area contributed by atoms with E-state index in [-0.39, 0.29) is 116 Å². The summed E-state index contributed by atoms with van der Waals surface area (Å²) in [7, 11) is -19.1. The molecule has 48 heavy (non-hydrogen) atoms. The van der Waals surface area contributed by atoms with Crippen molar-refractivity contribution in [3.63, 3.8) is 0 Å². The first kappa shape index (κ1) is 47.1. The maximum absolute atomic E-state index is 11.7. The number of benzene rings is 4. The molecule has 18 nitrogen and oxygen atoms in total. The summed E-state index contributed by atoms with van der Waals surface area (Å²) in [5.74, 6) is -2.22. The number of phenolic OH excluding ortho intramolecular Hbond substituents is 1. The minimum absolute atomic E-state index is 0. The molecular weight excluding hydrogens is 754 g/mol. The number of aromatic hydroxyl groups is 1. The Bertz CT molecular complexity index is 2230. The van der Waals surface area contributed by atoms with E-state index in [4.69, 9.17) is 14.9 Å². The van der Waals surface area contributed by atoms with Crippen LogP contribution in [0.3, 0.4) is 0 Å². The van der Waals surface area contributed by atoms with Gasteiger partial charge in [-0.2, -0.15) is 0 Å². The molecule has 25 heteroatoms. The molecule has 0 radical (unpaired) electrons. The van der Waals surface area contributed by atoms with Crippen LogP contribution in [0.1, 0.15) is 0 Å². The van der Waals surface area contributed by atoms with Crippen molar-refractivity contribution in [2.75, 3.05) is 12.8 Å². The number of hydrogen-bond donors (Lipinski definition) is 5. The molecule has 4 rings (SSSR count). The van der Waals surface area contributed by atoms with E-state index in [1.165, 1.54) is 24.3 Å². The number of hydrogen-bond acceptors (Lipinski definition) is 15. The summed E-state index contributed by atoms with van der Waals surface area (Å²) in [5.41, 5.74) is -0.508. The van der Waals surface area contributed by atoms with Crippen LogP contribution in [0.15, 0.2) is 85.6 Å². The van der Waals surface area contributed by atoms with Gasteiger partial charge in [0.2, 0.25) is 0 Å². The molecule has 0 spiro atoms. The molecule has 0 aliphatic heterocycles. The van der Waals surface area contributed by atoms with E-state index < -0.39 is 82.9 Å². The topological polar surface area (TPSA) is 323 Å². The van der Waals surface area contributed by atoms with Crippen LogP contribution in [0.5, 0.6) is 5.75 Å². The van der Waals surface area contributed by atoms with Crippen LogP contribution < -0.4 is 94.0 Å². The van der Waals surface area contributed by atoms with E-state index in [1.807, 2.05) is 0 Å². The Kier molecular flexibility index (Phi) is 18.2. The van der Waals surface area contributed by atoms with Crippen LogP contribution >= 0.6 is 7.60 Å². The fourth-order valence-corrected chi connectivity index (χ4v) is 5.95. The number of rotatable bonds is 9. The molecule has 0 unspecified atom stereocenters. The van der Waals surface area contributed by atoms with Gasteiger partial charge in [0.25, 0.3) is 0 Å². The van der Waals surface area contributed by atoms with E-state index >= 15 is 0 Å². The third-order valence-corrected chi connectivity index (χ3v) is 8.77. The number of nitrogens with zero attached hydrogens (tertiary/aromatic N) is 2. The molecule has 0 fully saturated rings. The second-order valence-corrected chi connectivity index (χ2v) is 14.5. The number of carboxylic acids is 1. The van der Waals surface area contributed by atoms with Gasteiger partial charge in [-0.3, -0.25) is 14.7 Å². The van der Waals surface area contributed by atoms with Gasteiger partial charge in [-0.1, -0.05) is 30.3 Å². The Morgan fingerprint density at radius 2 is 1.31 bits per heavy atom. The van der Waals surface area contributed by atoms with Crippen molar-refractivity contribution in [2.45, 2.75) is 14.7 Å². The Hall–Kier alpha value is -0.890. The molecular formula is C23H19N3Na3O15PS3. The van der Waals surface area contributed by atoms with Crippen molar-refractivity contribution in [1.82, 2.24) is 5.32 Å². The SMILES string of the molecule is O=C(O)CNCP(=O)(O)O.O=S(=O)([O-])c1ccc2c(/N=N/c3ccc(S(=O)(=O)[O-])c4ccccc34)c(O)c(S(=O)(=O)[O-])cc2c1.[Na+].[Na+].[Na+]. The zero-order valence-electron chi connectivity index (χ0n) is 25.0. The second-order valence-electron chi connectivity index (χ2n) is 8.79. The van der Waals surface area contributed by atoms with E-state index in [1.54, 1.807) is 0 Å². The van der Waals surface area contributed by atoms with Crippen molar-refractivity contribution in [3.05, 3.63) is 60.7 Å². The third kappa shape index (κ3) is 13.0. The number of fused-ring (bicyclic) bond motifs is 2. The molecule has 0 aromatic heterocycles. The number of aliphatic carboxylic acids is 1. The van der Waals surface area contributed by atoms with Gasteiger partial charge in [-0.15, -0.1) is 10.2 Å². The Morgan fingerprint density at radius 1 is 0.750 bits per heavy atom. The van der Waals surface area contributed by atoms with Crippen LogP contribution in [-0.4, -0.2) is 77.7 Å². The zero-order chi connectivity index (χ0) is 34.0. The normalized spacial score (nSPS) is 11.9. The molecule has 0 heterocycles. The smallest absolute Gasteiger partial charge is 0.744 e. The minimum atomic E-state index is -5.27. The standard InChI is InChI=1S/C20H14N2O10S3.C3H8NO5P.3Na/c23-20-18(35(30,31)32)10-11-9-12(33(24,25)26)5-6-13(11)19(20)22-21-16-7-8-17(34(27,28)29)15-4-2-1-3-14(15)16;5-3(6)1-4-2-10(7,8)9;;;/h1-10,23H,(H,24,25,26)(H,27,28,29)(H,30,31,32);4H,1-2H2,(H,5,6)(H2,7,8,9);;;/q;;3*+1/p-3/b22-21+;;;;. The van der Waals surface area contributed by atoms with Crippen molar-refractivity contribution in [2.24, 2.45) is 10.2 Å². The third-order valence-electron chi connectivity index (χ3n) is 5.56. The van der Waals surface area contributed by atoms with Crippen LogP contribution in [0.4, 0.5) is 11.4 Å². The summed E-state index contributed by atoms with van der Waals surface area (Å²) >= 11 is 0. The number of carboxylic acid groups (broad SMARTS) is 1. The van der Waals surface area contributed by atoms with Gasteiger partial charge in [0, 0.05) is 16.2 Å². The Balaban J connectivity index is 0.00000149. The molecule has 0 amide bonds. The first-order valence-electron chi connectivity index (χ1n) is 11.7. The summed E-state index contributed by atoms with van der Waals surface area (Å²) in [6, 6.07) is 11.5. The Morgan fingerprint density at radius 3 is 1.81 bits per heavy atom. The van der Waals surface area contributed by atoms with Crippen LogP contribution in [-0.2, 0) is 39.7 Å². The molecule has 0 aliphatic rings. The maximum Gasteiger partial charge on any atom is 1.00 e. The quantitative estimate of drug-likeness (QED) is 0.0457. The summed E-state index contributed by atoms with van der Waals surface area (Å²) < 4.78 is 114. The van der Waals surface area contributed by atoms with E-state index in [0.29, 0.717) is 6.07 Å². The fourth-order valence-electron chi connectivity index (χ4n) is 3.75. The van der Waals surface area contributed by atoms with Crippen molar-refractivity contribution >= 4 is 76.8 Å². The number of carbonyl (C=O) groups is 1. The maximum atomic E-state index is 11.7. The van der Waals surface area contributed by atoms with Gasteiger partial charge in [0.1, 0.15) is 36.0 Å². The molecule has 4 aromatic carbocycles. The summed E-state index contributed by atoms with van der Waals surface area (Å²) in [4.78, 5) is 23.8. The molecule has 242 valence electrons. The number of phenols is 1. The van der Waals surface area contributed by atoms with Crippen molar-refractivity contribution < 1.29 is 157 Å². The summed E-state index contributed by atoms with van der Waals surface area (Å²) in [6.45, 7) is -0.439. The molecule has 4 aromatic rings. The van der Waals surface area contributed by atoms with Crippen molar-refractivity contribution in [1.29, 1.82) is 0 Å². The predicted molar refractivity (Wildman–Crippen MR) is 150 cm³/mol. The average molecular weight is 774 g/mol. The van der Waals surface area contributed by atoms with Crippen LogP contribution in [0.2, 0.25) is 0 Å². The van der Waals surface area contributed by atoms with Gasteiger partial charge >= 0.3 is 102 Å². The molecule has 0 bridgehead atoms. The second kappa shape index (κ2) is 18.6. The molecule has 5 N–H and O–H groups in total. The summed E-state index contributed by atoms with van der Waals surface area (Å²) in [6.07, 6.45) is -0.598. The number of nitrogens with one attached hydrogen (secondary N) is 1. The minimum Gasteiger partial charge on any atom is -0.744 e. The van der Waals surface area contributed by atoms with Gasteiger partial charge in [0.05, 0.1) is 33.2 Å². The van der Waals surface area contributed by atoms with Crippen LogP contribution in [0.25, 0.3) is 21.5 Å². The first-order valence-corrected chi connectivity index (χ1v) is 17.7.